The number of carbonyl (C=O) groups excluding carboxylic acids is 1. The monoisotopic (exact) mass is 350 g/mol. The molecule has 20 heavy (non-hydrogen) atoms. The molecule has 0 aliphatic carbocycles. The van der Waals surface area contributed by atoms with E-state index < -0.39 is 0 Å². The minimum absolute atomic E-state index is 0.140. The van der Waals surface area contributed by atoms with Crippen LogP contribution in [0.3, 0.4) is 0 Å². The molecule has 0 unspecified atom stereocenters. The summed E-state index contributed by atoms with van der Waals surface area (Å²) in [5, 5.41) is 9.94. The standard InChI is InChI=1S/C15H8BrClO3/c16-11-5-8(1-3-12(11)18)6-14-15(19)10-7-9(17)2-4-13(10)20-14/h1-7,18H/b14-6-. The van der Waals surface area contributed by atoms with Crippen LogP contribution < -0.4 is 4.74 Å². The van der Waals surface area contributed by atoms with Gasteiger partial charge in [0.15, 0.2) is 5.76 Å². The van der Waals surface area contributed by atoms with E-state index in [1.807, 2.05) is 0 Å². The van der Waals surface area contributed by atoms with E-state index in [0.29, 0.717) is 20.8 Å². The lowest BCUT2D eigenvalue weighted by Gasteiger charge is -2.00. The number of hydrogen-bond donors (Lipinski definition) is 1. The van der Waals surface area contributed by atoms with Crippen LogP contribution in [-0.4, -0.2) is 10.9 Å². The van der Waals surface area contributed by atoms with E-state index in [9.17, 15) is 9.90 Å². The van der Waals surface area contributed by atoms with Crippen molar-refractivity contribution in [3.8, 4) is 11.5 Å². The lowest BCUT2D eigenvalue weighted by atomic mass is 10.1. The first-order chi connectivity index (χ1) is 9.54. The molecule has 1 heterocycles. The second-order valence-electron chi connectivity index (χ2n) is 4.29. The Balaban J connectivity index is 1.99. The Morgan fingerprint density at radius 1 is 1.20 bits per heavy atom. The van der Waals surface area contributed by atoms with Gasteiger partial charge in [-0.2, -0.15) is 0 Å². The molecule has 2 aromatic rings. The fourth-order valence-electron chi connectivity index (χ4n) is 1.93. The Labute approximate surface area is 128 Å². The highest BCUT2D eigenvalue weighted by molar-refractivity contribution is 9.10. The van der Waals surface area contributed by atoms with E-state index >= 15 is 0 Å². The number of ketones is 1. The van der Waals surface area contributed by atoms with Gasteiger partial charge in [-0.3, -0.25) is 4.79 Å². The molecule has 2 aromatic carbocycles. The molecule has 0 atom stereocenters. The number of rotatable bonds is 1. The summed E-state index contributed by atoms with van der Waals surface area (Å²) in [5.74, 6) is 0.677. The van der Waals surface area contributed by atoms with Gasteiger partial charge in [0.2, 0.25) is 5.78 Å². The summed E-state index contributed by atoms with van der Waals surface area (Å²) in [7, 11) is 0. The number of halogens is 2. The molecule has 5 heteroatoms. The largest absolute Gasteiger partial charge is 0.507 e. The van der Waals surface area contributed by atoms with E-state index in [1.165, 1.54) is 0 Å². The van der Waals surface area contributed by atoms with Crippen molar-refractivity contribution in [1.29, 1.82) is 0 Å². The molecule has 100 valence electrons. The zero-order chi connectivity index (χ0) is 14.3. The molecule has 3 rings (SSSR count). The van der Waals surface area contributed by atoms with Gasteiger partial charge in [-0.25, -0.2) is 0 Å². The highest BCUT2D eigenvalue weighted by Gasteiger charge is 2.27. The SMILES string of the molecule is O=C1/C(=C/c2ccc(O)c(Br)c2)Oc2ccc(Cl)cc21. The van der Waals surface area contributed by atoms with Gasteiger partial charge in [0, 0.05) is 5.02 Å². The minimum atomic E-state index is -0.202. The van der Waals surface area contributed by atoms with Gasteiger partial charge < -0.3 is 9.84 Å². The van der Waals surface area contributed by atoms with Crippen molar-refractivity contribution in [3.63, 3.8) is 0 Å². The second-order valence-corrected chi connectivity index (χ2v) is 5.58. The van der Waals surface area contributed by atoms with Gasteiger partial charge >= 0.3 is 0 Å². The molecular formula is C15H8BrClO3. The van der Waals surface area contributed by atoms with Crippen LogP contribution in [0, 0.1) is 0 Å². The molecule has 1 aliphatic heterocycles. The Hall–Kier alpha value is -1.78. The number of phenolic OH excluding ortho intramolecular Hbond substituents is 1. The molecule has 0 bridgehead atoms. The summed E-state index contributed by atoms with van der Waals surface area (Å²) >= 11 is 9.10. The minimum Gasteiger partial charge on any atom is -0.507 e. The number of hydrogen-bond acceptors (Lipinski definition) is 3. The number of allylic oxidation sites excluding steroid dienone is 1. The Morgan fingerprint density at radius 3 is 2.75 bits per heavy atom. The van der Waals surface area contributed by atoms with Crippen LogP contribution in [0.5, 0.6) is 11.5 Å². The molecule has 0 aromatic heterocycles. The van der Waals surface area contributed by atoms with Crippen molar-refractivity contribution in [2.24, 2.45) is 0 Å². The van der Waals surface area contributed by atoms with Gasteiger partial charge in [0.05, 0.1) is 10.0 Å². The van der Waals surface area contributed by atoms with Gasteiger partial charge in [-0.15, -0.1) is 0 Å². The van der Waals surface area contributed by atoms with Crippen molar-refractivity contribution in [3.05, 3.63) is 62.8 Å². The topological polar surface area (TPSA) is 46.5 Å². The molecule has 0 saturated carbocycles. The Bertz CT molecular complexity index is 753. The van der Waals surface area contributed by atoms with Crippen molar-refractivity contribution < 1.29 is 14.6 Å². The van der Waals surface area contributed by atoms with Crippen molar-refractivity contribution >= 4 is 39.4 Å². The zero-order valence-electron chi connectivity index (χ0n) is 10.1. The third-order valence-electron chi connectivity index (χ3n) is 2.90. The number of fused-ring (bicyclic) bond motifs is 1. The van der Waals surface area contributed by atoms with E-state index in [4.69, 9.17) is 16.3 Å². The number of phenols is 1. The van der Waals surface area contributed by atoms with Gasteiger partial charge in [-0.05, 0) is 57.9 Å². The summed E-state index contributed by atoms with van der Waals surface area (Å²) in [4.78, 5) is 12.2. The van der Waals surface area contributed by atoms with Crippen molar-refractivity contribution in [1.82, 2.24) is 0 Å². The van der Waals surface area contributed by atoms with E-state index in [1.54, 1.807) is 42.5 Å². The predicted molar refractivity (Wildman–Crippen MR) is 80.2 cm³/mol. The molecular weight excluding hydrogens is 344 g/mol. The van der Waals surface area contributed by atoms with Gasteiger partial charge in [0.25, 0.3) is 0 Å². The van der Waals surface area contributed by atoms with Crippen LogP contribution in [0.1, 0.15) is 15.9 Å². The van der Waals surface area contributed by atoms with E-state index in [2.05, 4.69) is 15.9 Å². The van der Waals surface area contributed by atoms with Crippen LogP contribution in [0.25, 0.3) is 6.08 Å². The number of Topliss-reactive ketones (excluding diaryl/α,β-unsaturated/α-hetero) is 1. The number of aromatic hydroxyl groups is 1. The highest BCUT2D eigenvalue weighted by Crippen LogP contribution is 2.34. The number of carbonyl (C=O) groups is 1. The molecule has 0 spiro atoms. The predicted octanol–water partition coefficient (Wildman–Crippen LogP) is 4.42. The number of benzene rings is 2. The van der Waals surface area contributed by atoms with Gasteiger partial charge in [0.1, 0.15) is 11.5 Å². The fourth-order valence-corrected chi connectivity index (χ4v) is 2.49. The Kier molecular flexibility index (Phi) is 3.28. The molecule has 3 nitrogen and oxygen atoms in total. The van der Waals surface area contributed by atoms with Crippen molar-refractivity contribution in [2.45, 2.75) is 0 Å². The van der Waals surface area contributed by atoms with Crippen LogP contribution in [-0.2, 0) is 0 Å². The molecule has 1 N–H and O–H groups in total. The first-order valence-electron chi connectivity index (χ1n) is 5.77. The first-order valence-corrected chi connectivity index (χ1v) is 6.94. The van der Waals surface area contributed by atoms with Crippen LogP contribution >= 0.6 is 27.5 Å². The molecule has 0 saturated heterocycles. The second kappa shape index (κ2) is 4.96. The molecule has 1 aliphatic rings. The first kappa shape index (κ1) is 13.2. The summed E-state index contributed by atoms with van der Waals surface area (Å²) in [6.45, 7) is 0. The van der Waals surface area contributed by atoms with Crippen LogP contribution in [0.4, 0.5) is 0 Å². The van der Waals surface area contributed by atoms with Crippen molar-refractivity contribution in [2.75, 3.05) is 0 Å². The maximum Gasteiger partial charge on any atom is 0.232 e. The van der Waals surface area contributed by atoms with E-state index in [-0.39, 0.29) is 17.3 Å². The average molecular weight is 352 g/mol. The third kappa shape index (κ3) is 2.32. The summed E-state index contributed by atoms with van der Waals surface area (Å²) < 4.78 is 6.08. The fraction of sp³-hybridized carbons (Fsp3) is 0. The Morgan fingerprint density at radius 2 is 2.00 bits per heavy atom. The van der Waals surface area contributed by atoms with Crippen LogP contribution in [0.2, 0.25) is 5.02 Å². The summed E-state index contributed by atoms with van der Waals surface area (Å²) in [6.07, 6.45) is 1.63. The number of ether oxygens (including phenoxy) is 1. The lowest BCUT2D eigenvalue weighted by Crippen LogP contribution is -1.98. The maximum absolute atomic E-state index is 12.2. The molecule has 0 amide bonds. The highest BCUT2D eigenvalue weighted by atomic mass is 79.9. The van der Waals surface area contributed by atoms with E-state index in [0.717, 1.165) is 5.56 Å². The molecule has 0 radical (unpaired) electrons. The quantitative estimate of drug-likeness (QED) is 0.773. The maximum atomic E-state index is 12.2. The average Bonchev–Trinajstić information content (AvgIpc) is 2.71. The smallest absolute Gasteiger partial charge is 0.232 e. The van der Waals surface area contributed by atoms with Gasteiger partial charge in [-0.1, -0.05) is 17.7 Å². The summed E-state index contributed by atoms with van der Waals surface area (Å²) in [5.41, 5.74) is 1.21. The zero-order valence-corrected chi connectivity index (χ0v) is 12.4. The third-order valence-corrected chi connectivity index (χ3v) is 3.77. The summed E-state index contributed by atoms with van der Waals surface area (Å²) in [6, 6.07) is 9.87. The molecule has 0 fully saturated rings. The van der Waals surface area contributed by atoms with Crippen LogP contribution in [0.15, 0.2) is 46.6 Å². The lowest BCUT2D eigenvalue weighted by molar-refractivity contribution is 0.101. The normalized spacial score (nSPS) is 15.3.